The molecule has 1 amide bonds. The Morgan fingerprint density at radius 2 is 2.07 bits per heavy atom. The van der Waals surface area contributed by atoms with Crippen molar-refractivity contribution in [2.45, 2.75) is 19.9 Å². The highest BCUT2D eigenvalue weighted by atomic mass is 16.5. The third kappa shape index (κ3) is 4.19. The normalized spacial score (nSPS) is 22.3. The third-order valence-electron chi connectivity index (χ3n) is 4.57. The number of phenols is 1. The molecule has 1 aromatic carbocycles. The van der Waals surface area contributed by atoms with Crippen LogP contribution in [0.3, 0.4) is 0 Å². The zero-order valence-electron chi connectivity index (χ0n) is 16.0. The number of morpholine rings is 1. The van der Waals surface area contributed by atoms with E-state index in [9.17, 15) is 14.7 Å². The third-order valence-corrected chi connectivity index (χ3v) is 4.57. The summed E-state index contributed by atoms with van der Waals surface area (Å²) in [4.78, 5) is 31.9. The highest BCUT2D eigenvalue weighted by Gasteiger charge is 2.42. The van der Waals surface area contributed by atoms with Crippen molar-refractivity contribution >= 4 is 17.8 Å². The van der Waals surface area contributed by atoms with E-state index >= 15 is 0 Å². The molecule has 0 saturated carbocycles. The molecule has 2 N–H and O–H groups in total. The average Bonchev–Trinajstić information content (AvgIpc) is 2.70. The molecule has 0 aliphatic carbocycles. The fourth-order valence-electron chi connectivity index (χ4n) is 3.23. The number of amides is 1. The molecule has 28 heavy (non-hydrogen) atoms. The first-order valence-corrected chi connectivity index (χ1v) is 9.38. The minimum Gasteiger partial charge on any atom is -0.504 e. The van der Waals surface area contributed by atoms with Gasteiger partial charge in [0.05, 0.1) is 26.4 Å². The number of hydrogen-bond donors (Lipinski definition) is 2. The number of benzene rings is 1. The van der Waals surface area contributed by atoms with Gasteiger partial charge in [-0.15, -0.1) is 0 Å². The second-order valence-electron chi connectivity index (χ2n) is 6.38. The molecule has 1 saturated heterocycles. The van der Waals surface area contributed by atoms with Gasteiger partial charge in [0.1, 0.15) is 6.04 Å². The van der Waals surface area contributed by atoms with Crippen LogP contribution in [0.5, 0.6) is 11.5 Å². The Labute approximate surface area is 163 Å². The maximum Gasteiger partial charge on any atom is 0.321 e. The van der Waals surface area contributed by atoms with Crippen LogP contribution in [0.15, 0.2) is 23.2 Å². The van der Waals surface area contributed by atoms with Gasteiger partial charge in [0.25, 0.3) is 0 Å². The van der Waals surface area contributed by atoms with Crippen LogP contribution in [0.4, 0.5) is 0 Å². The van der Waals surface area contributed by atoms with Crippen LogP contribution in [0.25, 0.3) is 0 Å². The van der Waals surface area contributed by atoms with E-state index in [1.54, 1.807) is 26.0 Å². The lowest BCUT2D eigenvalue weighted by molar-refractivity contribution is -0.153. The number of rotatable bonds is 5. The van der Waals surface area contributed by atoms with Gasteiger partial charge in [-0.3, -0.25) is 14.9 Å². The number of nitrogens with one attached hydrogen (secondary N) is 1. The Kier molecular flexibility index (Phi) is 6.35. The van der Waals surface area contributed by atoms with Crippen molar-refractivity contribution in [2.75, 3.05) is 39.5 Å². The Morgan fingerprint density at radius 1 is 1.32 bits per heavy atom. The highest BCUT2D eigenvalue weighted by Crippen LogP contribution is 2.36. The summed E-state index contributed by atoms with van der Waals surface area (Å²) in [5, 5.41) is 12.7. The minimum atomic E-state index is -1.12. The van der Waals surface area contributed by atoms with Gasteiger partial charge in [0.15, 0.2) is 17.4 Å². The SMILES string of the molecule is CCOC(=O)C1C(=O)NC(N2CCOCC2)=NC1c1ccc(O)c(OCC)c1. The van der Waals surface area contributed by atoms with Gasteiger partial charge in [0.2, 0.25) is 11.9 Å². The molecule has 9 heteroatoms. The number of ether oxygens (including phenoxy) is 3. The quantitative estimate of drug-likeness (QED) is 0.565. The molecule has 9 nitrogen and oxygen atoms in total. The van der Waals surface area contributed by atoms with E-state index in [2.05, 4.69) is 10.3 Å². The molecule has 2 unspecified atom stereocenters. The molecule has 2 aliphatic heterocycles. The number of aliphatic imine (C=N–C) groups is 1. The molecule has 1 aromatic rings. The summed E-state index contributed by atoms with van der Waals surface area (Å²) in [5.74, 6) is -1.56. The van der Waals surface area contributed by atoms with Crippen molar-refractivity contribution in [3.63, 3.8) is 0 Å². The van der Waals surface area contributed by atoms with Gasteiger partial charge >= 0.3 is 5.97 Å². The lowest BCUT2D eigenvalue weighted by Gasteiger charge is -2.35. The smallest absolute Gasteiger partial charge is 0.321 e. The summed E-state index contributed by atoms with van der Waals surface area (Å²) in [6.45, 7) is 6.27. The molecule has 2 atom stereocenters. The van der Waals surface area contributed by atoms with Gasteiger partial charge in [-0.05, 0) is 31.5 Å². The summed E-state index contributed by atoms with van der Waals surface area (Å²) in [6, 6.07) is 3.92. The minimum absolute atomic E-state index is 0.0177. The second-order valence-corrected chi connectivity index (χ2v) is 6.38. The maximum absolute atomic E-state index is 12.8. The summed E-state index contributed by atoms with van der Waals surface area (Å²) in [6.07, 6.45) is 0. The van der Waals surface area contributed by atoms with Gasteiger partial charge in [-0.1, -0.05) is 6.07 Å². The number of aromatic hydroxyl groups is 1. The van der Waals surface area contributed by atoms with E-state index in [0.29, 0.717) is 44.4 Å². The van der Waals surface area contributed by atoms with E-state index in [4.69, 9.17) is 14.2 Å². The van der Waals surface area contributed by atoms with Crippen LogP contribution in [0, 0.1) is 5.92 Å². The molecule has 152 valence electrons. The van der Waals surface area contributed by atoms with E-state index in [1.165, 1.54) is 6.07 Å². The van der Waals surface area contributed by atoms with Crippen LogP contribution in [-0.2, 0) is 19.1 Å². The van der Waals surface area contributed by atoms with Gasteiger partial charge in [0, 0.05) is 13.1 Å². The average molecular weight is 391 g/mol. The van der Waals surface area contributed by atoms with Gasteiger partial charge in [-0.25, -0.2) is 4.99 Å². The Balaban J connectivity index is 2.00. The Hall–Kier alpha value is -2.81. The molecule has 0 bridgehead atoms. The van der Waals surface area contributed by atoms with Crippen molar-refractivity contribution < 1.29 is 28.9 Å². The predicted molar refractivity (Wildman–Crippen MR) is 100 cm³/mol. The molecular formula is C19H25N3O6. The van der Waals surface area contributed by atoms with Crippen molar-refractivity contribution in [1.29, 1.82) is 0 Å². The fourth-order valence-corrected chi connectivity index (χ4v) is 3.23. The molecule has 3 rings (SSSR count). The van der Waals surface area contributed by atoms with Crippen molar-refractivity contribution in [3.8, 4) is 11.5 Å². The van der Waals surface area contributed by atoms with Crippen LogP contribution in [-0.4, -0.2) is 67.4 Å². The van der Waals surface area contributed by atoms with Crippen molar-refractivity contribution in [2.24, 2.45) is 10.9 Å². The first-order valence-electron chi connectivity index (χ1n) is 9.38. The van der Waals surface area contributed by atoms with Gasteiger partial charge < -0.3 is 24.2 Å². The Morgan fingerprint density at radius 3 is 2.75 bits per heavy atom. The first kappa shape index (κ1) is 19.9. The van der Waals surface area contributed by atoms with Crippen LogP contribution < -0.4 is 10.1 Å². The number of nitrogens with zero attached hydrogens (tertiary/aromatic N) is 2. The van der Waals surface area contributed by atoms with E-state index in [1.807, 2.05) is 4.90 Å². The molecule has 0 radical (unpaired) electrons. The largest absolute Gasteiger partial charge is 0.504 e. The summed E-state index contributed by atoms with van der Waals surface area (Å²) in [7, 11) is 0. The zero-order chi connectivity index (χ0) is 20.1. The van der Waals surface area contributed by atoms with E-state index in [0.717, 1.165) is 0 Å². The number of esters is 1. The van der Waals surface area contributed by atoms with Crippen molar-refractivity contribution in [1.82, 2.24) is 10.2 Å². The van der Waals surface area contributed by atoms with Crippen LogP contribution in [0.1, 0.15) is 25.5 Å². The van der Waals surface area contributed by atoms with Crippen LogP contribution >= 0.6 is 0 Å². The van der Waals surface area contributed by atoms with E-state index < -0.39 is 23.8 Å². The molecular weight excluding hydrogens is 366 g/mol. The standard InChI is InChI=1S/C19H25N3O6/c1-3-27-14-11-12(5-6-13(14)23)16-15(18(25)28-4-2)17(24)21-19(20-16)22-7-9-26-10-8-22/h5-6,11,15-16,23H,3-4,7-10H2,1-2H3,(H,20,21,24). The van der Waals surface area contributed by atoms with Gasteiger partial charge in [-0.2, -0.15) is 0 Å². The highest BCUT2D eigenvalue weighted by molar-refractivity contribution is 6.08. The summed E-state index contributed by atoms with van der Waals surface area (Å²) < 4.78 is 15.9. The molecule has 0 aromatic heterocycles. The van der Waals surface area contributed by atoms with Crippen molar-refractivity contribution in [3.05, 3.63) is 23.8 Å². The summed E-state index contributed by atoms with van der Waals surface area (Å²) >= 11 is 0. The monoisotopic (exact) mass is 391 g/mol. The predicted octanol–water partition coefficient (Wildman–Crippen LogP) is 0.829. The number of guanidine groups is 1. The number of hydrogen-bond acceptors (Lipinski definition) is 8. The second kappa shape index (κ2) is 8.92. The molecule has 1 fully saturated rings. The fraction of sp³-hybridized carbons (Fsp3) is 0.526. The lowest BCUT2D eigenvalue weighted by Crippen LogP contribution is -2.55. The Bertz CT molecular complexity index is 760. The first-order chi connectivity index (χ1) is 13.5. The zero-order valence-corrected chi connectivity index (χ0v) is 16.0. The summed E-state index contributed by atoms with van der Waals surface area (Å²) in [5.41, 5.74) is 0.583. The number of carbonyl (C=O) groups excluding carboxylic acids is 2. The number of carbonyl (C=O) groups is 2. The lowest BCUT2D eigenvalue weighted by atomic mass is 9.91. The van der Waals surface area contributed by atoms with E-state index in [-0.39, 0.29) is 18.1 Å². The topological polar surface area (TPSA) is 110 Å². The number of phenolic OH excluding ortho intramolecular Hbond substituents is 1. The molecule has 0 spiro atoms. The molecule has 2 heterocycles. The van der Waals surface area contributed by atoms with Crippen LogP contribution in [0.2, 0.25) is 0 Å². The maximum atomic E-state index is 12.8. The molecule has 2 aliphatic rings.